The van der Waals surface area contributed by atoms with Gasteiger partial charge < -0.3 is 22.3 Å². The van der Waals surface area contributed by atoms with Crippen molar-refractivity contribution in [2.75, 3.05) is 0 Å². The molecule has 0 amide bonds. The summed E-state index contributed by atoms with van der Waals surface area (Å²) in [5, 5.41) is 2.28. The predicted octanol–water partition coefficient (Wildman–Crippen LogP) is -0.594. The van der Waals surface area contributed by atoms with Gasteiger partial charge in [-0.15, -0.1) is 13.2 Å². The maximum atomic E-state index is 3.77. The fourth-order valence-corrected chi connectivity index (χ4v) is 1.50. The first-order valence-corrected chi connectivity index (χ1v) is 4.98. The van der Waals surface area contributed by atoms with Crippen LogP contribution in [0.15, 0.2) is 55.6 Å². The number of para-hydroxylation sites is 1. The van der Waals surface area contributed by atoms with Crippen LogP contribution in [0.25, 0.3) is 0 Å². The maximum Gasteiger partial charge on any atom is 0.129 e. The van der Waals surface area contributed by atoms with E-state index in [1.807, 2.05) is 18.2 Å². The van der Waals surface area contributed by atoms with E-state index < -0.39 is 0 Å². The van der Waals surface area contributed by atoms with E-state index in [-0.39, 0.29) is 17.0 Å². The number of benzene rings is 1. The Kier molecular flexibility index (Phi) is 7.96. The number of hydrogen-bond acceptors (Lipinski definition) is 0. The Labute approximate surface area is 103 Å². The highest BCUT2D eigenvalue weighted by atomic mass is 79.9. The molecule has 2 N–H and O–H groups in total. The second kappa shape index (κ2) is 8.45. The second-order valence-electron chi connectivity index (χ2n) is 3.39. The SMILES string of the molecule is C=CCC(CC=C)[NH2+]c1ccccc1.[Br-]. The molecule has 0 saturated carbocycles. The molecule has 0 radical (unpaired) electrons. The third-order valence-electron chi connectivity index (χ3n) is 2.17. The van der Waals surface area contributed by atoms with Gasteiger partial charge in [0.1, 0.15) is 5.69 Å². The van der Waals surface area contributed by atoms with E-state index in [4.69, 9.17) is 0 Å². The quantitative estimate of drug-likeness (QED) is 0.524. The lowest BCUT2D eigenvalue weighted by Crippen LogP contribution is -3.00. The lowest BCUT2D eigenvalue weighted by atomic mass is 10.1. The molecule has 0 atom stereocenters. The molecular weight excluding hydrogens is 250 g/mol. The van der Waals surface area contributed by atoms with Gasteiger partial charge in [-0.2, -0.15) is 0 Å². The molecule has 0 aliphatic heterocycles. The van der Waals surface area contributed by atoms with Crippen LogP contribution in [0.5, 0.6) is 0 Å². The first-order chi connectivity index (χ1) is 6.86. The second-order valence-corrected chi connectivity index (χ2v) is 3.39. The molecule has 0 saturated heterocycles. The number of nitrogens with two attached hydrogens (primary N) is 1. The largest absolute Gasteiger partial charge is 1.00 e. The third-order valence-corrected chi connectivity index (χ3v) is 2.17. The van der Waals surface area contributed by atoms with Gasteiger partial charge in [0, 0.05) is 12.8 Å². The normalized spacial score (nSPS) is 9.40. The Morgan fingerprint density at radius 2 is 1.60 bits per heavy atom. The summed E-state index contributed by atoms with van der Waals surface area (Å²) in [6.07, 6.45) is 5.96. The first-order valence-electron chi connectivity index (χ1n) is 4.98. The van der Waals surface area contributed by atoms with Crippen molar-refractivity contribution in [3.63, 3.8) is 0 Å². The summed E-state index contributed by atoms with van der Waals surface area (Å²) in [4.78, 5) is 0. The van der Waals surface area contributed by atoms with Crippen molar-refractivity contribution in [3.8, 4) is 0 Å². The minimum atomic E-state index is 0. The third kappa shape index (κ3) is 5.55. The van der Waals surface area contributed by atoms with Gasteiger partial charge in [-0.25, -0.2) is 0 Å². The van der Waals surface area contributed by atoms with Gasteiger partial charge in [0.2, 0.25) is 0 Å². The zero-order chi connectivity index (χ0) is 10.2. The van der Waals surface area contributed by atoms with Crippen LogP contribution in [-0.4, -0.2) is 6.04 Å². The average Bonchev–Trinajstić information content (AvgIpc) is 2.20. The molecule has 2 heteroatoms. The molecule has 1 nitrogen and oxygen atoms in total. The standard InChI is InChI=1S/C13H17N.BrH/c1-3-8-12(9-4-2)14-13-10-6-5-7-11-13;/h3-7,10-12,14H,1-2,8-9H2;1H. The van der Waals surface area contributed by atoms with Crippen LogP contribution in [0.2, 0.25) is 0 Å². The summed E-state index contributed by atoms with van der Waals surface area (Å²) in [5.74, 6) is 0. The molecule has 1 aromatic rings. The van der Waals surface area contributed by atoms with Gasteiger partial charge in [-0.3, -0.25) is 0 Å². The van der Waals surface area contributed by atoms with Crippen molar-refractivity contribution < 1.29 is 22.3 Å². The minimum absolute atomic E-state index is 0. The Morgan fingerprint density at radius 1 is 1.07 bits per heavy atom. The zero-order valence-corrected chi connectivity index (χ0v) is 10.5. The highest BCUT2D eigenvalue weighted by Crippen LogP contribution is 2.01. The van der Waals surface area contributed by atoms with E-state index in [1.165, 1.54) is 5.69 Å². The molecule has 82 valence electrons. The summed E-state index contributed by atoms with van der Waals surface area (Å²) in [6, 6.07) is 10.9. The zero-order valence-electron chi connectivity index (χ0n) is 8.90. The lowest BCUT2D eigenvalue weighted by molar-refractivity contribution is -0.609. The molecular formula is C13H18BrN. The fourth-order valence-electron chi connectivity index (χ4n) is 1.50. The van der Waals surface area contributed by atoms with Crippen LogP contribution >= 0.6 is 0 Å². The smallest absolute Gasteiger partial charge is 0.129 e. The van der Waals surface area contributed by atoms with Crippen LogP contribution in [0.3, 0.4) is 0 Å². The molecule has 0 aromatic heterocycles. The topological polar surface area (TPSA) is 16.6 Å². The van der Waals surface area contributed by atoms with Gasteiger partial charge >= 0.3 is 0 Å². The molecule has 0 aliphatic carbocycles. The van der Waals surface area contributed by atoms with Crippen molar-refractivity contribution in [2.24, 2.45) is 0 Å². The van der Waals surface area contributed by atoms with Crippen LogP contribution in [-0.2, 0) is 0 Å². The van der Waals surface area contributed by atoms with Crippen LogP contribution in [0, 0.1) is 0 Å². The Balaban J connectivity index is 0.00000196. The average molecular weight is 268 g/mol. The maximum absolute atomic E-state index is 3.77. The number of halogens is 1. The summed E-state index contributed by atoms with van der Waals surface area (Å²) in [6.45, 7) is 7.54. The van der Waals surface area contributed by atoms with E-state index in [0.717, 1.165) is 12.8 Å². The van der Waals surface area contributed by atoms with Crippen LogP contribution < -0.4 is 22.3 Å². The van der Waals surface area contributed by atoms with Gasteiger partial charge in [0.15, 0.2) is 0 Å². The van der Waals surface area contributed by atoms with Gasteiger partial charge in [-0.1, -0.05) is 30.4 Å². The molecule has 0 unspecified atom stereocenters. The van der Waals surface area contributed by atoms with Crippen molar-refractivity contribution in [3.05, 3.63) is 55.6 Å². The van der Waals surface area contributed by atoms with Crippen molar-refractivity contribution in [1.82, 2.24) is 0 Å². The molecule has 0 aliphatic rings. The molecule has 0 spiro atoms. The summed E-state index contributed by atoms with van der Waals surface area (Å²) >= 11 is 0. The highest BCUT2D eigenvalue weighted by molar-refractivity contribution is 5.27. The number of quaternary nitrogens is 1. The van der Waals surface area contributed by atoms with Crippen LogP contribution in [0.4, 0.5) is 5.69 Å². The Hall–Kier alpha value is -0.860. The number of hydrogen-bond donors (Lipinski definition) is 1. The molecule has 0 heterocycles. The number of rotatable bonds is 6. The Morgan fingerprint density at radius 3 is 2.07 bits per heavy atom. The molecule has 0 bridgehead atoms. The summed E-state index contributed by atoms with van der Waals surface area (Å²) < 4.78 is 0. The van der Waals surface area contributed by atoms with E-state index >= 15 is 0 Å². The van der Waals surface area contributed by atoms with E-state index in [2.05, 4.69) is 42.7 Å². The van der Waals surface area contributed by atoms with Gasteiger partial charge in [-0.05, 0) is 12.1 Å². The molecule has 0 fully saturated rings. The van der Waals surface area contributed by atoms with E-state index in [0.29, 0.717) is 6.04 Å². The van der Waals surface area contributed by atoms with E-state index in [9.17, 15) is 0 Å². The highest BCUT2D eigenvalue weighted by Gasteiger charge is 2.08. The summed E-state index contributed by atoms with van der Waals surface area (Å²) in [5.41, 5.74) is 1.28. The molecule has 1 rings (SSSR count). The Bertz CT molecular complexity index is 272. The van der Waals surface area contributed by atoms with E-state index in [1.54, 1.807) is 0 Å². The van der Waals surface area contributed by atoms with Gasteiger partial charge in [0.05, 0.1) is 6.04 Å². The van der Waals surface area contributed by atoms with Crippen molar-refractivity contribution >= 4 is 5.69 Å². The predicted molar refractivity (Wildman–Crippen MR) is 61.4 cm³/mol. The molecule has 15 heavy (non-hydrogen) atoms. The van der Waals surface area contributed by atoms with Crippen LogP contribution in [0.1, 0.15) is 12.8 Å². The first kappa shape index (κ1) is 14.1. The minimum Gasteiger partial charge on any atom is -1.00 e. The molecule has 1 aromatic carbocycles. The van der Waals surface area contributed by atoms with Gasteiger partial charge in [0.25, 0.3) is 0 Å². The fraction of sp³-hybridized carbons (Fsp3) is 0.231. The lowest BCUT2D eigenvalue weighted by Gasteiger charge is -2.10. The summed E-state index contributed by atoms with van der Waals surface area (Å²) in [7, 11) is 0. The van der Waals surface area contributed by atoms with Crippen molar-refractivity contribution in [2.45, 2.75) is 18.9 Å². The van der Waals surface area contributed by atoms with Crippen molar-refractivity contribution in [1.29, 1.82) is 0 Å². The monoisotopic (exact) mass is 267 g/mol.